The van der Waals surface area contributed by atoms with Gasteiger partial charge in [-0.05, 0) is 30.4 Å². The Bertz CT molecular complexity index is 936. The van der Waals surface area contributed by atoms with E-state index < -0.39 is 0 Å². The van der Waals surface area contributed by atoms with Crippen LogP contribution in [0.25, 0.3) is 6.08 Å². The molecule has 1 N–H and O–H groups in total. The summed E-state index contributed by atoms with van der Waals surface area (Å²) >= 11 is 6.13. The van der Waals surface area contributed by atoms with Gasteiger partial charge in [0, 0.05) is 28.3 Å². The van der Waals surface area contributed by atoms with E-state index in [1.165, 1.54) is 20.5 Å². The number of benzene rings is 2. The summed E-state index contributed by atoms with van der Waals surface area (Å²) in [6.07, 6.45) is 4.67. The van der Waals surface area contributed by atoms with Crippen LogP contribution in [0, 0.1) is 0 Å². The van der Waals surface area contributed by atoms with Crippen molar-refractivity contribution in [2.45, 2.75) is 0 Å². The third-order valence-electron chi connectivity index (χ3n) is 3.93. The van der Waals surface area contributed by atoms with Crippen molar-refractivity contribution >= 4 is 29.3 Å². The maximum Gasteiger partial charge on any atom is 0.255 e. The Labute approximate surface area is 161 Å². The van der Waals surface area contributed by atoms with E-state index in [-0.39, 0.29) is 5.91 Å². The van der Waals surface area contributed by atoms with E-state index in [2.05, 4.69) is 5.32 Å². The first-order valence-electron chi connectivity index (χ1n) is 8.01. The highest BCUT2D eigenvalue weighted by molar-refractivity contribution is 6.31. The zero-order valence-electron chi connectivity index (χ0n) is 15.0. The maximum absolute atomic E-state index is 12.8. The molecule has 27 heavy (non-hydrogen) atoms. The highest BCUT2D eigenvalue weighted by atomic mass is 35.5. The van der Waals surface area contributed by atoms with Crippen molar-refractivity contribution < 1.29 is 23.7 Å². The van der Waals surface area contributed by atoms with E-state index in [1.54, 1.807) is 49.6 Å². The van der Waals surface area contributed by atoms with Gasteiger partial charge in [-0.2, -0.15) is 0 Å². The Morgan fingerprint density at radius 2 is 1.81 bits per heavy atom. The van der Waals surface area contributed by atoms with E-state index >= 15 is 0 Å². The zero-order chi connectivity index (χ0) is 19.4. The number of amides is 1. The largest absolute Gasteiger partial charge is 0.497 e. The number of halogens is 1. The third kappa shape index (κ3) is 4.01. The molecule has 1 amide bonds. The molecule has 1 aliphatic heterocycles. The lowest BCUT2D eigenvalue weighted by Crippen LogP contribution is -2.14. The summed E-state index contributed by atoms with van der Waals surface area (Å²) in [5.41, 5.74) is 1.50. The van der Waals surface area contributed by atoms with Gasteiger partial charge < -0.3 is 24.3 Å². The quantitative estimate of drug-likeness (QED) is 0.828. The van der Waals surface area contributed by atoms with Crippen LogP contribution in [-0.2, 0) is 4.79 Å². The van der Waals surface area contributed by atoms with Crippen molar-refractivity contribution in [2.75, 3.05) is 26.6 Å². The van der Waals surface area contributed by atoms with Gasteiger partial charge in [0.25, 0.3) is 5.91 Å². The molecule has 2 aromatic rings. The first-order chi connectivity index (χ1) is 13.0. The van der Waals surface area contributed by atoms with Crippen LogP contribution in [0.5, 0.6) is 23.0 Å². The Kier molecular flexibility index (Phi) is 5.57. The molecule has 3 rings (SSSR count). The highest BCUT2D eigenvalue weighted by Crippen LogP contribution is 2.38. The Balaban J connectivity index is 1.95. The standard InChI is InChI=1S/C20H18ClNO5/c1-24-15-4-5-17(25-2)16(11-15)22-20(23)12-6-7-27-19-13(8-12)9-14(21)10-18(19)26-3/h4-11H,1-3H3,(H,22,23). The molecule has 0 radical (unpaired) electrons. The Morgan fingerprint density at radius 3 is 2.52 bits per heavy atom. The molecule has 6 nitrogen and oxygen atoms in total. The van der Waals surface area contributed by atoms with Gasteiger partial charge in [0.2, 0.25) is 0 Å². The number of carbonyl (C=O) groups excluding carboxylic acids is 1. The van der Waals surface area contributed by atoms with Gasteiger partial charge in [-0.3, -0.25) is 4.79 Å². The predicted octanol–water partition coefficient (Wildman–Crippen LogP) is 4.29. The Hall–Kier alpha value is -3.12. The number of hydrogen-bond acceptors (Lipinski definition) is 5. The van der Waals surface area contributed by atoms with Gasteiger partial charge in [0.15, 0.2) is 11.5 Å². The molecular weight excluding hydrogens is 370 g/mol. The number of nitrogens with one attached hydrogen (secondary N) is 1. The fourth-order valence-electron chi connectivity index (χ4n) is 2.61. The molecule has 0 aromatic heterocycles. The lowest BCUT2D eigenvalue weighted by Gasteiger charge is -2.12. The summed E-state index contributed by atoms with van der Waals surface area (Å²) in [4.78, 5) is 12.8. The highest BCUT2D eigenvalue weighted by Gasteiger charge is 2.18. The van der Waals surface area contributed by atoms with Crippen LogP contribution in [0.15, 0.2) is 48.2 Å². The fourth-order valence-corrected chi connectivity index (χ4v) is 2.83. The smallest absolute Gasteiger partial charge is 0.255 e. The summed E-state index contributed by atoms with van der Waals surface area (Å²) in [5.74, 6) is 1.74. The molecule has 0 atom stereocenters. The Morgan fingerprint density at radius 1 is 1.04 bits per heavy atom. The van der Waals surface area contributed by atoms with Crippen molar-refractivity contribution in [3.63, 3.8) is 0 Å². The molecule has 1 aliphatic rings. The minimum absolute atomic E-state index is 0.340. The van der Waals surface area contributed by atoms with E-state index in [4.69, 9.17) is 30.5 Å². The summed E-state index contributed by atoms with van der Waals surface area (Å²) in [6.45, 7) is 0. The maximum atomic E-state index is 12.8. The van der Waals surface area contributed by atoms with Gasteiger partial charge in [-0.1, -0.05) is 11.6 Å². The molecule has 0 fully saturated rings. The number of fused-ring (bicyclic) bond motifs is 1. The van der Waals surface area contributed by atoms with Gasteiger partial charge in [0.1, 0.15) is 11.5 Å². The third-order valence-corrected chi connectivity index (χ3v) is 4.15. The summed E-state index contributed by atoms with van der Waals surface area (Å²) in [6, 6.07) is 8.49. The molecular formula is C20H18ClNO5. The molecule has 2 aromatic carbocycles. The van der Waals surface area contributed by atoms with Crippen LogP contribution < -0.4 is 24.3 Å². The zero-order valence-corrected chi connectivity index (χ0v) is 15.8. The average molecular weight is 388 g/mol. The number of ether oxygens (including phenoxy) is 4. The molecule has 0 saturated carbocycles. The number of methoxy groups -OCH3 is 3. The number of hydrogen-bond donors (Lipinski definition) is 1. The molecule has 0 unspecified atom stereocenters. The molecule has 0 aliphatic carbocycles. The lowest BCUT2D eigenvalue weighted by atomic mass is 10.1. The van der Waals surface area contributed by atoms with E-state index in [0.717, 1.165) is 0 Å². The summed E-state index contributed by atoms with van der Waals surface area (Å²) < 4.78 is 21.4. The van der Waals surface area contributed by atoms with Gasteiger partial charge in [-0.15, -0.1) is 0 Å². The van der Waals surface area contributed by atoms with Crippen molar-refractivity contribution in [1.82, 2.24) is 0 Å². The number of rotatable bonds is 5. The number of carbonyl (C=O) groups is 1. The number of anilines is 1. The van der Waals surface area contributed by atoms with Crippen LogP contribution >= 0.6 is 11.6 Å². The molecule has 0 spiro atoms. The normalized spacial score (nSPS) is 12.2. The molecule has 0 bridgehead atoms. The first kappa shape index (κ1) is 18.7. The molecule has 140 valence electrons. The summed E-state index contributed by atoms with van der Waals surface area (Å²) in [5, 5.41) is 3.30. The van der Waals surface area contributed by atoms with Crippen molar-refractivity contribution in [1.29, 1.82) is 0 Å². The van der Waals surface area contributed by atoms with Gasteiger partial charge in [-0.25, -0.2) is 0 Å². The second kappa shape index (κ2) is 8.05. The minimum atomic E-state index is -0.340. The monoisotopic (exact) mass is 387 g/mol. The topological polar surface area (TPSA) is 66.0 Å². The second-order valence-electron chi connectivity index (χ2n) is 5.57. The van der Waals surface area contributed by atoms with E-state index in [9.17, 15) is 4.79 Å². The molecule has 7 heteroatoms. The van der Waals surface area contributed by atoms with Gasteiger partial charge >= 0.3 is 0 Å². The van der Waals surface area contributed by atoms with Crippen molar-refractivity contribution in [3.8, 4) is 23.0 Å². The van der Waals surface area contributed by atoms with Crippen LogP contribution in [0.1, 0.15) is 5.56 Å². The van der Waals surface area contributed by atoms with Gasteiger partial charge in [0.05, 0.1) is 33.3 Å². The van der Waals surface area contributed by atoms with Crippen molar-refractivity contribution in [3.05, 3.63) is 58.8 Å². The van der Waals surface area contributed by atoms with E-state index in [0.29, 0.717) is 44.8 Å². The summed E-state index contributed by atoms with van der Waals surface area (Å²) in [7, 11) is 4.60. The predicted molar refractivity (Wildman–Crippen MR) is 104 cm³/mol. The molecule has 0 saturated heterocycles. The second-order valence-corrected chi connectivity index (χ2v) is 6.00. The first-order valence-corrected chi connectivity index (χ1v) is 8.39. The minimum Gasteiger partial charge on any atom is -0.497 e. The van der Waals surface area contributed by atoms with Crippen molar-refractivity contribution in [2.24, 2.45) is 0 Å². The van der Waals surface area contributed by atoms with Crippen LogP contribution in [-0.4, -0.2) is 27.2 Å². The van der Waals surface area contributed by atoms with E-state index in [1.807, 2.05) is 0 Å². The van der Waals surface area contributed by atoms with Crippen LogP contribution in [0.4, 0.5) is 5.69 Å². The van der Waals surface area contributed by atoms with Crippen LogP contribution in [0.2, 0.25) is 5.02 Å². The van der Waals surface area contributed by atoms with Crippen LogP contribution in [0.3, 0.4) is 0 Å². The lowest BCUT2D eigenvalue weighted by molar-refractivity contribution is -0.112. The average Bonchev–Trinajstić information content (AvgIpc) is 2.89. The SMILES string of the molecule is COc1ccc(OC)c(NC(=O)C2=Cc3cc(Cl)cc(OC)c3OC=C2)c1. The molecule has 1 heterocycles. The fraction of sp³-hybridized carbons (Fsp3) is 0.150.